The van der Waals surface area contributed by atoms with Crippen molar-refractivity contribution < 1.29 is 13.2 Å². The maximum absolute atomic E-state index is 11.4. The number of rotatable bonds is 9. The zero-order chi connectivity index (χ0) is 13.5. The van der Waals surface area contributed by atoms with Crippen LogP contribution < -0.4 is 5.14 Å². The minimum absolute atomic E-state index is 0.0222. The Morgan fingerprint density at radius 2 is 1.65 bits per heavy atom. The van der Waals surface area contributed by atoms with Gasteiger partial charge >= 0.3 is 0 Å². The number of nitrogens with two attached hydrogens (primary N) is 1. The molecule has 0 saturated heterocycles. The molecule has 104 valence electrons. The average Bonchev–Trinajstić information content (AvgIpc) is 2.13. The molecule has 0 fully saturated rings. The Morgan fingerprint density at radius 3 is 1.94 bits per heavy atom. The van der Waals surface area contributed by atoms with Crippen molar-refractivity contribution in [1.82, 2.24) is 0 Å². The lowest BCUT2D eigenvalue weighted by molar-refractivity contribution is 0.00757. The van der Waals surface area contributed by atoms with Gasteiger partial charge in [0.2, 0.25) is 10.0 Å². The second-order valence-electron chi connectivity index (χ2n) is 5.17. The SMILES string of the molecule is CCCC(CCC)(COC(C)C)CS(N)(=O)=O. The molecule has 5 heteroatoms. The van der Waals surface area contributed by atoms with Crippen molar-refractivity contribution in [2.75, 3.05) is 12.4 Å². The monoisotopic (exact) mass is 265 g/mol. The Labute approximate surface area is 106 Å². The van der Waals surface area contributed by atoms with Crippen LogP contribution in [0.4, 0.5) is 0 Å². The van der Waals surface area contributed by atoms with Gasteiger partial charge in [0.25, 0.3) is 0 Å². The summed E-state index contributed by atoms with van der Waals surface area (Å²) < 4.78 is 28.4. The molecule has 17 heavy (non-hydrogen) atoms. The molecule has 0 radical (unpaired) electrons. The second-order valence-corrected chi connectivity index (χ2v) is 6.78. The molecule has 0 saturated carbocycles. The molecular weight excluding hydrogens is 238 g/mol. The summed E-state index contributed by atoms with van der Waals surface area (Å²) in [7, 11) is -3.45. The fraction of sp³-hybridized carbons (Fsp3) is 1.00. The number of sulfonamides is 1. The van der Waals surface area contributed by atoms with Gasteiger partial charge < -0.3 is 4.74 Å². The van der Waals surface area contributed by atoms with Gasteiger partial charge in [-0.2, -0.15) is 0 Å². The summed E-state index contributed by atoms with van der Waals surface area (Å²) in [6.07, 6.45) is 3.67. The first kappa shape index (κ1) is 16.9. The summed E-state index contributed by atoms with van der Waals surface area (Å²) in [5, 5.41) is 5.21. The predicted molar refractivity (Wildman–Crippen MR) is 71.3 cm³/mol. The third kappa shape index (κ3) is 7.73. The van der Waals surface area contributed by atoms with Crippen molar-refractivity contribution in [3.63, 3.8) is 0 Å². The summed E-state index contributed by atoms with van der Waals surface area (Å²) in [5.41, 5.74) is -0.318. The van der Waals surface area contributed by atoms with Crippen LogP contribution in [0.1, 0.15) is 53.4 Å². The van der Waals surface area contributed by atoms with Crippen LogP contribution in [0.3, 0.4) is 0 Å². The lowest BCUT2D eigenvalue weighted by Crippen LogP contribution is -2.38. The largest absolute Gasteiger partial charge is 0.378 e. The molecule has 0 aliphatic heterocycles. The molecule has 0 aliphatic carbocycles. The van der Waals surface area contributed by atoms with E-state index in [1.807, 2.05) is 13.8 Å². The van der Waals surface area contributed by atoms with Crippen molar-refractivity contribution in [3.8, 4) is 0 Å². The van der Waals surface area contributed by atoms with Crippen LogP contribution >= 0.6 is 0 Å². The van der Waals surface area contributed by atoms with E-state index >= 15 is 0 Å². The van der Waals surface area contributed by atoms with Crippen LogP contribution in [0, 0.1) is 5.41 Å². The highest BCUT2D eigenvalue weighted by atomic mass is 32.2. The molecule has 0 aliphatic rings. The number of primary sulfonamides is 1. The van der Waals surface area contributed by atoms with E-state index < -0.39 is 10.0 Å². The molecule has 0 bridgehead atoms. The van der Waals surface area contributed by atoms with Crippen molar-refractivity contribution >= 4 is 10.0 Å². The molecule has 0 aromatic heterocycles. The minimum Gasteiger partial charge on any atom is -0.378 e. The molecule has 0 aromatic rings. The van der Waals surface area contributed by atoms with E-state index in [4.69, 9.17) is 9.88 Å². The molecule has 0 amide bonds. The quantitative estimate of drug-likeness (QED) is 0.695. The highest BCUT2D eigenvalue weighted by Gasteiger charge is 2.33. The van der Waals surface area contributed by atoms with Gasteiger partial charge in [0.15, 0.2) is 0 Å². The van der Waals surface area contributed by atoms with E-state index in [0.29, 0.717) is 6.61 Å². The topological polar surface area (TPSA) is 69.4 Å². The second kappa shape index (κ2) is 7.34. The van der Waals surface area contributed by atoms with Crippen molar-refractivity contribution in [3.05, 3.63) is 0 Å². The van der Waals surface area contributed by atoms with E-state index in [-0.39, 0.29) is 17.3 Å². The molecule has 0 spiro atoms. The number of hydrogen-bond acceptors (Lipinski definition) is 3. The summed E-state index contributed by atoms with van der Waals surface area (Å²) in [6, 6.07) is 0. The molecule has 0 rings (SSSR count). The molecule has 0 unspecified atom stereocenters. The first-order valence-electron chi connectivity index (χ1n) is 6.37. The first-order chi connectivity index (χ1) is 7.74. The van der Waals surface area contributed by atoms with Gasteiger partial charge in [-0.05, 0) is 26.7 Å². The summed E-state index contributed by atoms with van der Waals surface area (Å²) in [6.45, 7) is 8.51. The molecular formula is C12H27NO3S. The Morgan fingerprint density at radius 1 is 1.18 bits per heavy atom. The predicted octanol–water partition coefficient (Wildman–Crippen LogP) is 2.29. The van der Waals surface area contributed by atoms with Gasteiger partial charge in [-0.15, -0.1) is 0 Å². The lowest BCUT2D eigenvalue weighted by Gasteiger charge is -2.33. The van der Waals surface area contributed by atoms with Crippen LogP contribution in [0.15, 0.2) is 0 Å². The summed E-state index contributed by atoms with van der Waals surface area (Å²) >= 11 is 0. The normalized spacial score (nSPS) is 13.3. The third-order valence-electron chi connectivity index (χ3n) is 2.79. The Bertz CT molecular complexity index is 293. The molecule has 0 aromatic carbocycles. The van der Waals surface area contributed by atoms with E-state index in [1.54, 1.807) is 0 Å². The van der Waals surface area contributed by atoms with Gasteiger partial charge in [0.1, 0.15) is 0 Å². The van der Waals surface area contributed by atoms with Crippen molar-refractivity contribution in [2.24, 2.45) is 10.6 Å². The molecule has 4 nitrogen and oxygen atoms in total. The lowest BCUT2D eigenvalue weighted by atomic mass is 9.82. The third-order valence-corrected chi connectivity index (χ3v) is 3.81. The molecule has 2 N–H and O–H groups in total. The van der Waals surface area contributed by atoms with Gasteiger partial charge in [-0.25, -0.2) is 13.6 Å². The molecule has 0 atom stereocenters. The van der Waals surface area contributed by atoms with Crippen LogP contribution in [0.5, 0.6) is 0 Å². The standard InChI is InChI=1S/C12H27NO3S/c1-5-7-12(8-6-2,9-16-11(3)4)10-17(13,14)15/h11H,5-10H2,1-4H3,(H2,13,14,15). The smallest absolute Gasteiger partial charge is 0.209 e. The van der Waals surface area contributed by atoms with Gasteiger partial charge in [0, 0.05) is 5.41 Å². The van der Waals surface area contributed by atoms with Crippen molar-refractivity contribution in [2.45, 2.75) is 59.5 Å². The zero-order valence-corrected chi connectivity index (χ0v) is 12.3. The highest BCUT2D eigenvalue weighted by molar-refractivity contribution is 7.89. The van der Waals surface area contributed by atoms with E-state index in [0.717, 1.165) is 25.7 Å². The Kier molecular flexibility index (Phi) is 7.28. The van der Waals surface area contributed by atoms with E-state index in [2.05, 4.69) is 13.8 Å². The van der Waals surface area contributed by atoms with Crippen LogP contribution in [0.25, 0.3) is 0 Å². The maximum Gasteiger partial charge on any atom is 0.209 e. The van der Waals surface area contributed by atoms with E-state index in [9.17, 15) is 8.42 Å². The average molecular weight is 265 g/mol. The number of hydrogen-bond donors (Lipinski definition) is 1. The fourth-order valence-electron chi connectivity index (χ4n) is 2.29. The fourth-order valence-corrected chi connectivity index (χ4v) is 3.51. The minimum atomic E-state index is -3.45. The number of ether oxygens (including phenoxy) is 1. The molecule has 0 heterocycles. The zero-order valence-electron chi connectivity index (χ0n) is 11.5. The van der Waals surface area contributed by atoms with E-state index in [1.165, 1.54) is 0 Å². The first-order valence-corrected chi connectivity index (χ1v) is 8.08. The Balaban J connectivity index is 4.83. The van der Waals surface area contributed by atoms with Gasteiger partial charge in [-0.3, -0.25) is 0 Å². The summed E-state index contributed by atoms with van der Waals surface area (Å²) in [4.78, 5) is 0. The van der Waals surface area contributed by atoms with Gasteiger partial charge in [-0.1, -0.05) is 26.7 Å². The van der Waals surface area contributed by atoms with Crippen LogP contribution in [0.2, 0.25) is 0 Å². The van der Waals surface area contributed by atoms with Gasteiger partial charge in [0.05, 0.1) is 18.5 Å². The van der Waals surface area contributed by atoms with Crippen LogP contribution in [-0.2, 0) is 14.8 Å². The highest BCUT2D eigenvalue weighted by Crippen LogP contribution is 2.32. The maximum atomic E-state index is 11.4. The van der Waals surface area contributed by atoms with Crippen molar-refractivity contribution in [1.29, 1.82) is 0 Å². The summed E-state index contributed by atoms with van der Waals surface area (Å²) in [5.74, 6) is 0.0222. The Hall–Kier alpha value is -0.130. The van der Waals surface area contributed by atoms with Crippen LogP contribution in [-0.4, -0.2) is 26.9 Å².